The Bertz CT molecular complexity index is 930. The highest BCUT2D eigenvalue weighted by atomic mass is 16.5. The first-order valence-corrected chi connectivity index (χ1v) is 11.7. The number of aryl methyl sites for hydroxylation is 1. The molecule has 1 aromatic heterocycles. The molecule has 1 fully saturated rings. The fraction of sp³-hybridized carbons (Fsp3) is 0.393. The Morgan fingerprint density at radius 3 is 2.12 bits per heavy atom. The summed E-state index contributed by atoms with van der Waals surface area (Å²) in [5.74, 6) is 1.91. The predicted molar refractivity (Wildman–Crippen MR) is 140 cm³/mol. The highest BCUT2D eigenvalue weighted by molar-refractivity contribution is 5.74. The number of aromatic amines is 1. The molecule has 0 spiro atoms. The van der Waals surface area contributed by atoms with Gasteiger partial charge in [-0.3, -0.25) is 9.80 Å². The molecule has 0 radical (unpaired) electrons. The number of hydrogen-bond acceptors (Lipinski definition) is 4. The van der Waals surface area contributed by atoms with Crippen LogP contribution in [0.5, 0.6) is 0 Å². The van der Waals surface area contributed by atoms with E-state index < -0.39 is 0 Å². The van der Waals surface area contributed by atoms with Gasteiger partial charge in [0.05, 0.1) is 30.4 Å². The first-order valence-electron chi connectivity index (χ1n) is 11.7. The second-order valence-corrected chi connectivity index (χ2v) is 8.24. The Hall–Kier alpha value is -2.89. The summed E-state index contributed by atoms with van der Waals surface area (Å²) in [4.78, 5) is 13.2. The van der Waals surface area contributed by atoms with E-state index in [0.717, 1.165) is 68.3 Å². The molecular formula is C28H40N4O. The Labute approximate surface area is 199 Å². The summed E-state index contributed by atoms with van der Waals surface area (Å²) in [6.07, 6.45) is 2.66. The number of benzene rings is 2. The third kappa shape index (κ3) is 9.24. The summed E-state index contributed by atoms with van der Waals surface area (Å²) in [7, 11) is 1.63. The number of methoxy groups -OCH3 is 1. The van der Waals surface area contributed by atoms with Crippen molar-refractivity contribution in [3.8, 4) is 0 Å². The molecule has 1 saturated heterocycles. The van der Waals surface area contributed by atoms with E-state index in [1.165, 1.54) is 11.1 Å². The molecule has 5 nitrogen and oxygen atoms in total. The number of aromatic nitrogens is 2. The van der Waals surface area contributed by atoms with E-state index >= 15 is 0 Å². The van der Waals surface area contributed by atoms with E-state index in [9.17, 15) is 0 Å². The van der Waals surface area contributed by atoms with Crippen molar-refractivity contribution < 1.29 is 4.74 Å². The van der Waals surface area contributed by atoms with Crippen molar-refractivity contribution in [3.05, 3.63) is 90.5 Å². The average Bonchev–Trinajstić information content (AvgIpc) is 3.24. The van der Waals surface area contributed by atoms with Crippen molar-refractivity contribution in [2.45, 2.75) is 40.3 Å². The molecule has 33 heavy (non-hydrogen) atoms. The molecule has 1 aliphatic rings. The Morgan fingerprint density at radius 2 is 1.61 bits per heavy atom. The summed E-state index contributed by atoms with van der Waals surface area (Å²) in [6.45, 7) is 19.4. The number of ether oxygens (including phenoxy) is 1. The van der Waals surface area contributed by atoms with Crippen LogP contribution in [0.2, 0.25) is 0 Å². The number of imidazole rings is 1. The molecule has 2 aromatic carbocycles. The zero-order valence-electron chi connectivity index (χ0n) is 20.8. The maximum absolute atomic E-state index is 4.70. The molecule has 2 heterocycles. The molecule has 0 unspecified atom stereocenters. The van der Waals surface area contributed by atoms with Gasteiger partial charge in [-0.05, 0) is 31.5 Å². The van der Waals surface area contributed by atoms with Crippen LogP contribution < -0.4 is 0 Å². The topological polar surface area (TPSA) is 44.4 Å². The molecule has 4 rings (SSSR count). The van der Waals surface area contributed by atoms with E-state index in [4.69, 9.17) is 9.72 Å². The van der Waals surface area contributed by atoms with Crippen molar-refractivity contribution in [2.24, 2.45) is 0 Å². The molecule has 3 aromatic rings. The molecule has 178 valence electrons. The quantitative estimate of drug-likeness (QED) is 0.374. The number of piperazine rings is 1. The minimum Gasteiger partial charge on any atom is -0.502 e. The van der Waals surface area contributed by atoms with Crippen LogP contribution in [-0.2, 0) is 17.8 Å². The van der Waals surface area contributed by atoms with Crippen LogP contribution in [0.15, 0.2) is 73.5 Å². The van der Waals surface area contributed by atoms with Crippen molar-refractivity contribution in [2.75, 3.05) is 33.3 Å². The van der Waals surface area contributed by atoms with E-state index in [1.807, 2.05) is 26.0 Å². The summed E-state index contributed by atoms with van der Waals surface area (Å²) in [5, 5.41) is 0. The largest absolute Gasteiger partial charge is 0.502 e. The van der Waals surface area contributed by atoms with Crippen molar-refractivity contribution in [1.29, 1.82) is 0 Å². The van der Waals surface area contributed by atoms with Gasteiger partial charge < -0.3 is 9.72 Å². The molecule has 0 bridgehead atoms. The van der Waals surface area contributed by atoms with Gasteiger partial charge in [0, 0.05) is 39.1 Å². The second kappa shape index (κ2) is 14.3. The lowest BCUT2D eigenvalue weighted by Crippen LogP contribution is -2.45. The molecular weight excluding hydrogens is 408 g/mol. The Kier molecular flexibility index (Phi) is 11.4. The van der Waals surface area contributed by atoms with Crippen LogP contribution >= 0.6 is 0 Å². The predicted octanol–water partition coefficient (Wildman–Crippen LogP) is 5.94. The summed E-state index contributed by atoms with van der Waals surface area (Å²) >= 11 is 0. The molecule has 1 N–H and O–H groups in total. The zero-order chi connectivity index (χ0) is 24.1. The first-order chi connectivity index (χ1) is 16.0. The van der Waals surface area contributed by atoms with Crippen molar-refractivity contribution >= 4 is 11.0 Å². The monoisotopic (exact) mass is 448 g/mol. The summed E-state index contributed by atoms with van der Waals surface area (Å²) in [6, 6.07) is 17.1. The van der Waals surface area contributed by atoms with Crippen LogP contribution in [0, 0.1) is 6.92 Å². The van der Waals surface area contributed by atoms with Gasteiger partial charge in [0.1, 0.15) is 5.82 Å². The number of nitrogens with one attached hydrogen (secondary N) is 1. The molecule has 5 heteroatoms. The minimum absolute atomic E-state index is 0.843. The lowest BCUT2D eigenvalue weighted by Gasteiger charge is -2.34. The lowest BCUT2D eigenvalue weighted by molar-refractivity contribution is 0.120. The van der Waals surface area contributed by atoms with Gasteiger partial charge in [0.15, 0.2) is 0 Å². The third-order valence-electron chi connectivity index (χ3n) is 5.49. The number of para-hydroxylation sites is 2. The van der Waals surface area contributed by atoms with Gasteiger partial charge in [-0.2, -0.15) is 0 Å². The van der Waals surface area contributed by atoms with Crippen LogP contribution in [0.4, 0.5) is 0 Å². The molecule has 1 aliphatic heterocycles. The average molecular weight is 449 g/mol. The van der Waals surface area contributed by atoms with Crippen LogP contribution in [0.1, 0.15) is 37.2 Å². The number of hydrogen-bond donors (Lipinski definition) is 1. The standard InChI is InChI=1S/C20H24N4.C5H10O.C3H6/c1-16-6-8-17(9-7-16)14-23-10-12-24(13-11-23)15-20-21-18-4-2-3-5-19(18)22-20;1-4-5(2)6-3;1-3-2/h2-9H,10-15H2,1H3,(H,21,22);2,4H2,1,3H3;3H,1H2,2H3. The van der Waals surface area contributed by atoms with Gasteiger partial charge in [0.25, 0.3) is 0 Å². The fourth-order valence-corrected chi connectivity index (χ4v) is 3.49. The molecule has 0 aliphatic carbocycles. The fourth-order valence-electron chi connectivity index (χ4n) is 3.49. The van der Waals surface area contributed by atoms with Gasteiger partial charge in [0.2, 0.25) is 0 Å². The highest BCUT2D eigenvalue weighted by Crippen LogP contribution is 2.14. The highest BCUT2D eigenvalue weighted by Gasteiger charge is 2.18. The molecule has 0 saturated carbocycles. The number of allylic oxidation sites excluding steroid dienone is 2. The maximum atomic E-state index is 4.70. The van der Waals surface area contributed by atoms with Gasteiger partial charge in [-0.1, -0.05) is 61.5 Å². The van der Waals surface area contributed by atoms with E-state index in [-0.39, 0.29) is 0 Å². The Morgan fingerprint density at radius 1 is 1.03 bits per heavy atom. The van der Waals surface area contributed by atoms with Crippen LogP contribution in [-0.4, -0.2) is 53.1 Å². The lowest BCUT2D eigenvalue weighted by atomic mass is 10.1. The normalized spacial score (nSPS) is 13.9. The second-order valence-electron chi connectivity index (χ2n) is 8.24. The van der Waals surface area contributed by atoms with Crippen molar-refractivity contribution in [1.82, 2.24) is 19.8 Å². The smallest absolute Gasteiger partial charge is 0.121 e. The van der Waals surface area contributed by atoms with Crippen molar-refractivity contribution in [3.63, 3.8) is 0 Å². The van der Waals surface area contributed by atoms with E-state index in [1.54, 1.807) is 13.2 Å². The SMILES string of the molecule is C=C(CC)OC.C=CC.Cc1ccc(CN2CCN(Cc3nc4ccccc4[nH]3)CC2)cc1. The van der Waals surface area contributed by atoms with Gasteiger partial charge in [-0.15, -0.1) is 6.58 Å². The maximum Gasteiger partial charge on any atom is 0.121 e. The number of fused-ring (bicyclic) bond motifs is 1. The summed E-state index contributed by atoms with van der Waals surface area (Å²) < 4.78 is 4.70. The number of rotatable bonds is 6. The third-order valence-corrected chi connectivity index (χ3v) is 5.49. The van der Waals surface area contributed by atoms with Crippen LogP contribution in [0.3, 0.4) is 0 Å². The zero-order valence-corrected chi connectivity index (χ0v) is 20.8. The van der Waals surface area contributed by atoms with E-state index in [2.05, 4.69) is 71.3 Å². The number of H-pyrrole nitrogens is 1. The Balaban J connectivity index is 0.000000369. The van der Waals surface area contributed by atoms with E-state index in [0.29, 0.717) is 0 Å². The molecule has 0 amide bonds. The minimum atomic E-state index is 0.843. The number of nitrogens with zero attached hydrogens (tertiary/aromatic N) is 3. The molecule has 0 atom stereocenters. The van der Waals surface area contributed by atoms with Gasteiger partial charge in [-0.25, -0.2) is 4.98 Å². The van der Waals surface area contributed by atoms with Crippen LogP contribution in [0.25, 0.3) is 11.0 Å². The van der Waals surface area contributed by atoms with Gasteiger partial charge >= 0.3 is 0 Å². The summed E-state index contributed by atoms with van der Waals surface area (Å²) in [5.41, 5.74) is 4.93. The first kappa shape index (κ1) is 26.4.